The molecule has 1 heterocycles. The summed E-state index contributed by atoms with van der Waals surface area (Å²) in [5.41, 5.74) is 7.53. The predicted octanol–water partition coefficient (Wildman–Crippen LogP) is 3.40. The van der Waals surface area contributed by atoms with Gasteiger partial charge < -0.3 is 10.5 Å². The van der Waals surface area contributed by atoms with Crippen LogP contribution in [0.4, 0.5) is 0 Å². The summed E-state index contributed by atoms with van der Waals surface area (Å²) in [5.74, 6) is 1.36. The van der Waals surface area contributed by atoms with E-state index >= 15 is 0 Å². The fraction of sp³-hybridized carbons (Fsp3) is 0.154. The molecule has 0 fully saturated rings. The first-order valence-electron chi connectivity index (χ1n) is 5.28. The average molecular weight is 293 g/mol. The van der Waals surface area contributed by atoms with E-state index in [-0.39, 0.29) is 0 Å². The summed E-state index contributed by atoms with van der Waals surface area (Å²) in [7, 11) is 0. The molecule has 2 N–H and O–H groups in total. The Balaban J connectivity index is 2.28. The first-order valence-corrected chi connectivity index (χ1v) is 6.08. The smallest absolute Gasteiger partial charge is 0.222 e. The van der Waals surface area contributed by atoms with Crippen molar-refractivity contribution in [2.24, 2.45) is 5.73 Å². The Kier molecular flexibility index (Phi) is 3.76. The van der Waals surface area contributed by atoms with Gasteiger partial charge in [-0.3, -0.25) is 0 Å². The van der Waals surface area contributed by atoms with Crippen LogP contribution in [0.3, 0.4) is 0 Å². The third-order valence-corrected chi connectivity index (χ3v) is 3.02. The first kappa shape index (κ1) is 12.1. The number of benzene rings is 1. The quantitative estimate of drug-likeness (QED) is 0.943. The van der Waals surface area contributed by atoms with E-state index in [9.17, 15) is 0 Å². The Morgan fingerprint density at radius 3 is 2.76 bits per heavy atom. The lowest BCUT2D eigenvalue weighted by Crippen LogP contribution is -1.99. The zero-order chi connectivity index (χ0) is 12.3. The SMILES string of the molecule is Cc1cc(CN)cnc1Oc1ccccc1Br. The number of hydrogen-bond acceptors (Lipinski definition) is 3. The lowest BCUT2D eigenvalue weighted by Gasteiger charge is -2.09. The molecular formula is C13H13BrN2O. The Bertz CT molecular complexity index is 529. The van der Waals surface area contributed by atoms with Gasteiger partial charge in [0.25, 0.3) is 0 Å². The van der Waals surface area contributed by atoms with Crippen molar-refractivity contribution in [1.29, 1.82) is 0 Å². The largest absolute Gasteiger partial charge is 0.438 e. The Morgan fingerprint density at radius 2 is 2.12 bits per heavy atom. The third-order valence-electron chi connectivity index (χ3n) is 2.37. The van der Waals surface area contributed by atoms with Crippen molar-refractivity contribution in [3.8, 4) is 11.6 Å². The van der Waals surface area contributed by atoms with Crippen LogP contribution in [-0.4, -0.2) is 4.98 Å². The van der Waals surface area contributed by atoms with Crippen molar-refractivity contribution in [1.82, 2.24) is 4.98 Å². The molecular weight excluding hydrogens is 280 g/mol. The highest BCUT2D eigenvalue weighted by molar-refractivity contribution is 9.10. The standard InChI is InChI=1S/C13H13BrN2O/c1-9-6-10(7-15)8-16-13(9)17-12-5-3-2-4-11(12)14/h2-6,8H,7,15H2,1H3. The number of halogens is 1. The highest BCUT2D eigenvalue weighted by Crippen LogP contribution is 2.29. The maximum absolute atomic E-state index is 5.74. The number of nitrogens with zero attached hydrogens (tertiary/aromatic N) is 1. The molecule has 0 aliphatic carbocycles. The fourth-order valence-corrected chi connectivity index (χ4v) is 1.84. The molecule has 1 aromatic heterocycles. The van der Waals surface area contributed by atoms with Gasteiger partial charge in [-0.15, -0.1) is 0 Å². The zero-order valence-electron chi connectivity index (χ0n) is 9.48. The normalized spacial score (nSPS) is 10.3. The molecule has 2 aromatic rings. The van der Waals surface area contributed by atoms with E-state index in [2.05, 4.69) is 20.9 Å². The van der Waals surface area contributed by atoms with Gasteiger partial charge in [0.05, 0.1) is 4.47 Å². The second-order valence-corrected chi connectivity index (χ2v) is 4.56. The van der Waals surface area contributed by atoms with Gasteiger partial charge >= 0.3 is 0 Å². The zero-order valence-corrected chi connectivity index (χ0v) is 11.1. The number of aromatic nitrogens is 1. The van der Waals surface area contributed by atoms with Crippen LogP contribution < -0.4 is 10.5 Å². The molecule has 0 saturated carbocycles. The van der Waals surface area contributed by atoms with E-state index in [0.717, 1.165) is 21.3 Å². The number of hydrogen-bond donors (Lipinski definition) is 1. The summed E-state index contributed by atoms with van der Waals surface area (Å²) in [4.78, 5) is 4.26. The minimum atomic E-state index is 0.489. The highest BCUT2D eigenvalue weighted by Gasteiger charge is 2.06. The molecule has 17 heavy (non-hydrogen) atoms. The van der Waals surface area contributed by atoms with Crippen LogP contribution in [0.25, 0.3) is 0 Å². The second kappa shape index (κ2) is 5.29. The molecule has 0 radical (unpaired) electrons. The number of rotatable bonds is 3. The summed E-state index contributed by atoms with van der Waals surface area (Å²) >= 11 is 3.43. The van der Waals surface area contributed by atoms with Crippen molar-refractivity contribution < 1.29 is 4.74 Å². The van der Waals surface area contributed by atoms with Crippen LogP contribution in [0.1, 0.15) is 11.1 Å². The number of ether oxygens (including phenoxy) is 1. The van der Waals surface area contributed by atoms with Crippen LogP contribution in [0.15, 0.2) is 41.0 Å². The summed E-state index contributed by atoms with van der Waals surface area (Å²) < 4.78 is 6.65. The second-order valence-electron chi connectivity index (χ2n) is 3.70. The summed E-state index contributed by atoms with van der Waals surface area (Å²) in [6.45, 7) is 2.45. The molecule has 0 unspecified atom stereocenters. The molecule has 1 aromatic carbocycles. The van der Waals surface area contributed by atoms with Gasteiger partial charge in [-0.2, -0.15) is 0 Å². The van der Waals surface area contributed by atoms with E-state index in [1.54, 1.807) is 6.20 Å². The van der Waals surface area contributed by atoms with E-state index in [4.69, 9.17) is 10.5 Å². The third kappa shape index (κ3) is 2.84. The summed E-state index contributed by atoms with van der Waals surface area (Å²) in [5, 5.41) is 0. The van der Waals surface area contributed by atoms with Gasteiger partial charge in [0.1, 0.15) is 5.75 Å². The Labute approximate surface area is 109 Å². The van der Waals surface area contributed by atoms with Crippen LogP contribution in [-0.2, 0) is 6.54 Å². The van der Waals surface area contributed by atoms with Crippen LogP contribution in [0.2, 0.25) is 0 Å². The average Bonchev–Trinajstić information content (AvgIpc) is 2.34. The molecule has 88 valence electrons. The van der Waals surface area contributed by atoms with E-state index < -0.39 is 0 Å². The number of pyridine rings is 1. The van der Waals surface area contributed by atoms with Gasteiger partial charge in [0, 0.05) is 18.3 Å². The Morgan fingerprint density at radius 1 is 1.35 bits per heavy atom. The minimum absolute atomic E-state index is 0.489. The van der Waals surface area contributed by atoms with Crippen LogP contribution in [0.5, 0.6) is 11.6 Å². The van der Waals surface area contributed by atoms with Gasteiger partial charge in [0.2, 0.25) is 5.88 Å². The maximum Gasteiger partial charge on any atom is 0.222 e. The van der Waals surface area contributed by atoms with E-state index in [1.807, 2.05) is 37.3 Å². The molecule has 2 rings (SSSR count). The van der Waals surface area contributed by atoms with Crippen molar-refractivity contribution in [3.63, 3.8) is 0 Å². The topological polar surface area (TPSA) is 48.1 Å². The van der Waals surface area contributed by atoms with Crippen molar-refractivity contribution >= 4 is 15.9 Å². The molecule has 4 heteroatoms. The molecule has 0 spiro atoms. The number of aryl methyl sites for hydroxylation is 1. The van der Waals surface area contributed by atoms with Crippen molar-refractivity contribution in [2.45, 2.75) is 13.5 Å². The van der Waals surface area contributed by atoms with Gasteiger partial charge in [0.15, 0.2) is 0 Å². The molecule has 0 bridgehead atoms. The number of nitrogens with two attached hydrogens (primary N) is 1. The lowest BCUT2D eigenvalue weighted by atomic mass is 10.2. The molecule has 0 saturated heterocycles. The fourth-order valence-electron chi connectivity index (χ4n) is 1.47. The van der Waals surface area contributed by atoms with E-state index in [1.165, 1.54) is 0 Å². The minimum Gasteiger partial charge on any atom is -0.438 e. The summed E-state index contributed by atoms with van der Waals surface area (Å²) in [6.07, 6.45) is 1.74. The lowest BCUT2D eigenvalue weighted by molar-refractivity contribution is 0.455. The van der Waals surface area contributed by atoms with Gasteiger partial charge in [-0.05, 0) is 46.6 Å². The van der Waals surface area contributed by atoms with Gasteiger partial charge in [-0.25, -0.2) is 4.98 Å². The Hall–Kier alpha value is -1.39. The van der Waals surface area contributed by atoms with Crippen LogP contribution in [0, 0.1) is 6.92 Å². The number of para-hydroxylation sites is 1. The maximum atomic E-state index is 5.74. The van der Waals surface area contributed by atoms with E-state index in [0.29, 0.717) is 12.4 Å². The predicted molar refractivity (Wildman–Crippen MR) is 71.1 cm³/mol. The van der Waals surface area contributed by atoms with Crippen molar-refractivity contribution in [2.75, 3.05) is 0 Å². The molecule has 0 aliphatic rings. The monoisotopic (exact) mass is 292 g/mol. The first-order chi connectivity index (χ1) is 8.20. The summed E-state index contributed by atoms with van der Waals surface area (Å²) in [6, 6.07) is 9.67. The van der Waals surface area contributed by atoms with Gasteiger partial charge in [-0.1, -0.05) is 12.1 Å². The molecule has 0 aliphatic heterocycles. The van der Waals surface area contributed by atoms with Crippen LogP contribution >= 0.6 is 15.9 Å². The van der Waals surface area contributed by atoms with Crippen molar-refractivity contribution in [3.05, 3.63) is 52.1 Å². The molecule has 0 amide bonds. The molecule has 3 nitrogen and oxygen atoms in total. The molecule has 0 atom stereocenters. The highest BCUT2D eigenvalue weighted by atomic mass is 79.9.